The van der Waals surface area contributed by atoms with Gasteiger partial charge >= 0.3 is 0 Å². The number of thioether (sulfide) groups is 1. The van der Waals surface area contributed by atoms with Gasteiger partial charge in [-0.3, -0.25) is 4.79 Å². The highest BCUT2D eigenvalue weighted by atomic mass is 32.2. The van der Waals surface area contributed by atoms with E-state index in [0.29, 0.717) is 0 Å². The van der Waals surface area contributed by atoms with Crippen molar-refractivity contribution >= 4 is 17.7 Å². The number of hydrogen-bond donors (Lipinski definition) is 0. The van der Waals surface area contributed by atoms with E-state index >= 15 is 0 Å². The zero-order chi connectivity index (χ0) is 11.5. The molecule has 1 saturated heterocycles. The van der Waals surface area contributed by atoms with Gasteiger partial charge in [-0.15, -0.1) is 11.8 Å². The highest BCUT2D eigenvalue weighted by Gasteiger charge is 2.20. The van der Waals surface area contributed by atoms with Gasteiger partial charge in [0.15, 0.2) is 0 Å². The van der Waals surface area contributed by atoms with Crippen LogP contribution in [0.4, 0.5) is 0 Å². The average Bonchev–Trinajstić information content (AvgIpc) is 2.82. The van der Waals surface area contributed by atoms with Gasteiger partial charge in [-0.05, 0) is 43.7 Å². The van der Waals surface area contributed by atoms with Crippen LogP contribution in [-0.4, -0.2) is 30.2 Å². The van der Waals surface area contributed by atoms with Crippen LogP contribution in [0.3, 0.4) is 0 Å². The third-order valence-electron chi connectivity index (χ3n) is 3.07. The summed E-state index contributed by atoms with van der Waals surface area (Å²) in [5, 5.41) is 0. The summed E-state index contributed by atoms with van der Waals surface area (Å²) in [7, 11) is 0. The first-order chi connectivity index (χ1) is 7.72. The number of carbonyl (C=O) groups excluding carboxylic acids is 1. The summed E-state index contributed by atoms with van der Waals surface area (Å²) in [6, 6.07) is 6.12. The molecule has 1 aliphatic rings. The number of hydrogen-bond acceptors (Lipinski definition) is 2. The Morgan fingerprint density at radius 3 is 2.62 bits per heavy atom. The van der Waals surface area contributed by atoms with Crippen molar-refractivity contribution in [1.82, 2.24) is 4.90 Å². The monoisotopic (exact) mass is 235 g/mol. The predicted octanol–water partition coefficient (Wildman–Crippen LogP) is 2.95. The van der Waals surface area contributed by atoms with Crippen molar-refractivity contribution in [2.45, 2.75) is 24.7 Å². The van der Waals surface area contributed by atoms with Gasteiger partial charge in [-0.25, -0.2) is 0 Å². The van der Waals surface area contributed by atoms with E-state index in [9.17, 15) is 4.79 Å². The Balaban J connectivity index is 2.27. The van der Waals surface area contributed by atoms with Crippen molar-refractivity contribution in [3.05, 3.63) is 29.3 Å². The molecule has 1 aromatic carbocycles. The zero-order valence-corrected chi connectivity index (χ0v) is 10.6. The number of carbonyl (C=O) groups is 1. The van der Waals surface area contributed by atoms with E-state index in [1.807, 2.05) is 30.2 Å². The Kier molecular flexibility index (Phi) is 3.54. The Hall–Kier alpha value is -0.960. The van der Waals surface area contributed by atoms with Crippen molar-refractivity contribution < 1.29 is 4.79 Å². The number of aryl methyl sites for hydroxylation is 1. The molecule has 1 heterocycles. The van der Waals surface area contributed by atoms with Crippen molar-refractivity contribution in [3.8, 4) is 0 Å². The Morgan fingerprint density at radius 1 is 1.31 bits per heavy atom. The van der Waals surface area contributed by atoms with E-state index in [-0.39, 0.29) is 5.91 Å². The van der Waals surface area contributed by atoms with Gasteiger partial charge in [-0.1, -0.05) is 6.07 Å². The van der Waals surface area contributed by atoms with Crippen LogP contribution in [0.2, 0.25) is 0 Å². The SMILES string of the molecule is CSc1ccc(C)c(C(=O)N2CCCC2)c1. The maximum atomic E-state index is 12.3. The first-order valence-electron chi connectivity index (χ1n) is 5.66. The van der Waals surface area contributed by atoms with Crippen molar-refractivity contribution in [1.29, 1.82) is 0 Å². The molecule has 0 unspecified atom stereocenters. The van der Waals surface area contributed by atoms with Crippen molar-refractivity contribution in [2.24, 2.45) is 0 Å². The first kappa shape index (κ1) is 11.5. The molecule has 0 aromatic heterocycles. The van der Waals surface area contributed by atoms with Gasteiger partial charge in [-0.2, -0.15) is 0 Å². The fourth-order valence-electron chi connectivity index (χ4n) is 2.05. The quantitative estimate of drug-likeness (QED) is 0.735. The summed E-state index contributed by atoms with van der Waals surface area (Å²) < 4.78 is 0. The molecule has 0 aliphatic carbocycles. The zero-order valence-electron chi connectivity index (χ0n) is 9.82. The summed E-state index contributed by atoms with van der Waals surface area (Å²) in [5.41, 5.74) is 1.95. The lowest BCUT2D eigenvalue weighted by atomic mass is 10.1. The van der Waals surface area contributed by atoms with Gasteiger partial charge in [0, 0.05) is 23.5 Å². The Bertz CT molecular complexity index is 397. The molecule has 0 atom stereocenters. The molecule has 1 aromatic rings. The molecular weight excluding hydrogens is 218 g/mol. The van der Waals surface area contributed by atoms with Gasteiger partial charge in [0.25, 0.3) is 5.91 Å². The minimum absolute atomic E-state index is 0.200. The molecule has 2 nitrogen and oxygen atoms in total. The maximum absolute atomic E-state index is 12.3. The number of amides is 1. The van der Waals surface area contributed by atoms with Crippen LogP contribution in [0.5, 0.6) is 0 Å². The van der Waals surface area contributed by atoms with E-state index in [4.69, 9.17) is 0 Å². The molecule has 1 fully saturated rings. The molecule has 0 N–H and O–H groups in total. The molecule has 0 spiro atoms. The van der Waals surface area contributed by atoms with E-state index < -0.39 is 0 Å². The van der Waals surface area contributed by atoms with Crippen LogP contribution in [0.25, 0.3) is 0 Å². The molecule has 86 valence electrons. The number of rotatable bonds is 2. The fourth-order valence-corrected chi connectivity index (χ4v) is 2.49. The topological polar surface area (TPSA) is 20.3 Å². The molecule has 3 heteroatoms. The summed E-state index contributed by atoms with van der Waals surface area (Å²) in [5.74, 6) is 0.200. The van der Waals surface area contributed by atoms with Crippen LogP contribution in [0.1, 0.15) is 28.8 Å². The highest BCUT2D eigenvalue weighted by molar-refractivity contribution is 7.98. The predicted molar refractivity (Wildman–Crippen MR) is 68.1 cm³/mol. The molecule has 0 bridgehead atoms. The lowest BCUT2D eigenvalue weighted by molar-refractivity contribution is 0.0792. The van der Waals surface area contributed by atoms with Gasteiger partial charge in [0.1, 0.15) is 0 Å². The Labute approximate surface area is 101 Å². The largest absolute Gasteiger partial charge is 0.339 e. The van der Waals surface area contributed by atoms with E-state index in [2.05, 4.69) is 6.07 Å². The van der Waals surface area contributed by atoms with Gasteiger partial charge in [0.05, 0.1) is 0 Å². The second-order valence-corrected chi connectivity index (χ2v) is 5.06. The lowest BCUT2D eigenvalue weighted by Crippen LogP contribution is -2.28. The lowest BCUT2D eigenvalue weighted by Gasteiger charge is -2.17. The summed E-state index contributed by atoms with van der Waals surface area (Å²) >= 11 is 1.68. The third-order valence-corrected chi connectivity index (χ3v) is 3.79. The molecule has 16 heavy (non-hydrogen) atoms. The summed E-state index contributed by atoms with van der Waals surface area (Å²) in [6.07, 6.45) is 4.33. The van der Waals surface area contributed by atoms with E-state index in [1.54, 1.807) is 11.8 Å². The summed E-state index contributed by atoms with van der Waals surface area (Å²) in [4.78, 5) is 15.4. The van der Waals surface area contributed by atoms with Crippen LogP contribution in [0.15, 0.2) is 23.1 Å². The highest BCUT2D eigenvalue weighted by Crippen LogP contribution is 2.21. The minimum atomic E-state index is 0.200. The number of nitrogens with zero attached hydrogens (tertiary/aromatic N) is 1. The standard InChI is InChI=1S/C13H17NOS/c1-10-5-6-11(16-2)9-12(10)13(15)14-7-3-4-8-14/h5-6,9H,3-4,7-8H2,1-2H3. The summed E-state index contributed by atoms with van der Waals surface area (Å²) in [6.45, 7) is 3.84. The van der Waals surface area contributed by atoms with E-state index in [1.165, 1.54) is 0 Å². The molecule has 0 radical (unpaired) electrons. The van der Waals surface area contributed by atoms with Crippen LogP contribution < -0.4 is 0 Å². The van der Waals surface area contributed by atoms with Crippen molar-refractivity contribution in [2.75, 3.05) is 19.3 Å². The smallest absolute Gasteiger partial charge is 0.254 e. The second-order valence-electron chi connectivity index (χ2n) is 4.18. The van der Waals surface area contributed by atoms with Crippen LogP contribution >= 0.6 is 11.8 Å². The van der Waals surface area contributed by atoms with Crippen molar-refractivity contribution in [3.63, 3.8) is 0 Å². The van der Waals surface area contributed by atoms with Gasteiger partial charge in [0.2, 0.25) is 0 Å². The molecule has 0 saturated carbocycles. The number of benzene rings is 1. The van der Waals surface area contributed by atoms with E-state index in [0.717, 1.165) is 42.0 Å². The Morgan fingerprint density at radius 2 is 2.00 bits per heavy atom. The second kappa shape index (κ2) is 4.91. The van der Waals surface area contributed by atoms with Gasteiger partial charge < -0.3 is 4.90 Å². The van der Waals surface area contributed by atoms with Crippen LogP contribution in [-0.2, 0) is 0 Å². The molecule has 1 aliphatic heterocycles. The minimum Gasteiger partial charge on any atom is -0.339 e. The maximum Gasteiger partial charge on any atom is 0.254 e. The third kappa shape index (κ3) is 2.24. The van der Waals surface area contributed by atoms with Crippen LogP contribution in [0, 0.1) is 6.92 Å². The number of likely N-dealkylation sites (tertiary alicyclic amines) is 1. The molecule has 2 rings (SSSR count). The molecule has 1 amide bonds. The first-order valence-corrected chi connectivity index (χ1v) is 6.89. The molecular formula is C13H17NOS. The fraction of sp³-hybridized carbons (Fsp3) is 0.462. The average molecular weight is 235 g/mol. The normalized spacial score (nSPS) is 15.5.